The molecule has 0 radical (unpaired) electrons. The van der Waals surface area contributed by atoms with E-state index in [1.807, 2.05) is 27.7 Å². The summed E-state index contributed by atoms with van der Waals surface area (Å²) in [5.41, 5.74) is 0. The van der Waals surface area contributed by atoms with Crippen molar-refractivity contribution in [2.45, 2.75) is 35.1 Å². The molecule has 11 heavy (non-hydrogen) atoms. The average Bonchev–Trinajstić information content (AvgIpc) is 1.99. The molecule has 0 aromatic carbocycles. The van der Waals surface area contributed by atoms with Crippen LogP contribution in [0.2, 0.25) is 0 Å². The summed E-state index contributed by atoms with van der Waals surface area (Å²) in [6, 6.07) is 0. The van der Waals surface area contributed by atoms with Crippen molar-refractivity contribution in [2.24, 2.45) is 0 Å². The SMILES string of the molecule is C.CC.CC.N=C=O.N=C=O. The van der Waals surface area contributed by atoms with E-state index in [1.54, 1.807) is 0 Å². The van der Waals surface area contributed by atoms with E-state index in [-0.39, 0.29) is 7.43 Å². The number of isocyanates is 2. The first-order chi connectivity index (χ1) is 4.83. The topological polar surface area (TPSA) is 81.8 Å². The third kappa shape index (κ3) is 260. The molecule has 0 unspecified atom stereocenters. The molecule has 0 aliphatic rings. The van der Waals surface area contributed by atoms with Gasteiger partial charge in [-0.2, -0.15) is 0 Å². The standard InChI is InChI=1S/2C2H6.2CHNO.CH4/c2*1-2;2*2-1-3;/h2*1-2H3;2*2H;1H4. The average molecular weight is 162 g/mol. The van der Waals surface area contributed by atoms with Crippen molar-refractivity contribution < 1.29 is 9.59 Å². The van der Waals surface area contributed by atoms with E-state index in [4.69, 9.17) is 20.4 Å². The van der Waals surface area contributed by atoms with Crippen molar-refractivity contribution in [1.82, 2.24) is 0 Å². The van der Waals surface area contributed by atoms with Crippen LogP contribution in [-0.2, 0) is 9.59 Å². The Morgan fingerprint density at radius 2 is 0.818 bits per heavy atom. The van der Waals surface area contributed by atoms with E-state index in [0.29, 0.717) is 0 Å². The third-order valence-electron chi connectivity index (χ3n) is 0. The van der Waals surface area contributed by atoms with Crippen LogP contribution in [0.1, 0.15) is 35.1 Å². The first-order valence-corrected chi connectivity index (χ1v) is 2.91. The van der Waals surface area contributed by atoms with Gasteiger partial charge in [0, 0.05) is 0 Å². The van der Waals surface area contributed by atoms with Gasteiger partial charge >= 0.3 is 0 Å². The predicted molar refractivity (Wildman–Crippen MR) is 46.3 cm³/mol. The summed E-state index contributed by atoms with van der Waals surface area (Å²) in [6.07, 6.45) is 1.50. The Hall–Kier alpha value is -1.24. The Balaban J connectivity index is -0.0000000144. The molecule has 0 heterocycles. The van der Waals surface area contributed by atoms with Crippen LogP contribution in [0.25, 0.3) is 0 Å². The zero-order chi connectivity index (χ0) is 9.41. The first-order valence-electron chi connectivity index (χ1n) is 2.91. The third-order valence-corrected chi connectivity index (χ3v) is 0. The van der Waals surface area contributed by atoms with Gasteiger partial charge < -0.3 is 0 Å². The smallest absolute Gasteiger partial charge is 0.222 e. The lowest BCUT2D eigenvalue weighted by Crippen LogP contribution is -1.16. The van der Waals surface area contributed by atoms with Crippen LogP contribution < -0.4 is 0 Å². The van der Waals surface area contributed by atoms with Gasteiger partial charge in [0.2, 0.25) is 12.2 Å². The zero-order valence-corrected chi connectivity index (χ0v) is 6.82. The molecule has 0 spiro atoms. The highest BCUT2D eigenvalue weighted by atomic mass is 16.1. The molecule has 0 aromatic rings. The fourth-order valence-corrected chi connectivity index (χ4v) is 0. The van der Waals surface area contributed by atoms with Crippen LogP contribution in [0.5, 0.6) is 0 Å². The fraction of sp³-hybridized carbons (Fsp3) is 0.714. The molecular formula is C7H18N2O2. The zero-order valence-electron chi connectivity index (χ0n) is 6.82. The highest BCUT2D eigenvalue weighted by Gasteiger charge is 1.04. The highest BCUT2D eigenvalue weighted by Crippen LogP contribution is 1.15. The summed E-state index contributed by atoms with van der Waals surface area (Å²) in [6.45, 7) is 8.00. The second-order valence-electron chi connectivity index (χ2n) is 0.204. The Bertz CT molecular complexity index is 68.4. The van der Waals surface area contributed by atoms with Crippen molar-refractivity contribution in [1.29, 1.82) is 10.8 Å². The second-order valence-corrected chi connectivity index (χ2v) is 0.204. The molecule has 0 aliphatic carbocycles. The molecule has 4 heteroatoms. The number of nitrogens with one attached hydrogen (secondary N) is 2. The van der Waals surface area contributed by atoms with Gasteiger partial charge in [-0.25, -0.2) is 20.4 Å². The molecule has 4 nitrogen and oxygen atoms in total. The van der Waals surface area contributed by atoms with Crippen molar-refractivity contribution >= 4 is 12.2 Å². The van der Waals surface area contributed by atoms with E-state index >= 15 is 0 Å². The number of carbonyl (C=O) groups excluding carboxylic acids is 2. The summed E-state index contributed by atoms with van der Waals surface area (Å²) in [5, 5.41) is 10.8. The van der Waals surface area contributed by atoms with Crippen LogP contribution in [0.15, 0.2) is 0 Å². The summed E-state index contributed by atoms with van der Waals surface area (Å²) >= 11 is 0. The molecule has 0 aliphatic heterocycles. The van der Waals surface area contributed by atoms with E-state index in [9.17, 15) is 0 Å². The molecule has 68 valence electrons. The molecule has 0 saturated carbocycles. The minimum atomic E-state index is 0. The van der Waals surface area contributed by atoms with Gasteiger partial charge in [-0.1, -0.05) is 35.1 Å². The molecular weight excluding hydrogens is 144 g/mol. The van der Waals surface area contributed by atoms with Crippen molar-refractivity contribution in [2.75, 3.05) is 0 Å². The number of rotatable bonds is 0. The molecule has 0 amide bonds. The Labute approximate surface area is 68.6 Å². The monoisotopic (exact) mass is 162 g/mol. The van der Waals surface area contributed by atoms with Crippen LogP contribution >= 0.6 is 0 Å². The second kappa shape index (κ2) is 913. The molecule has 0 atom stereocenters. The van der Waals surface area contributed by atoms with E-state index in [2.05, 4.69) is 0 Å². The fourth-order valence-electron chi connectivity index (χ4n) is 0. The molecule has 0 bridgehead atoms. The summed E-state index contributed by atoms with van der Waals surface area (Å²) in [7, 11) is 0. The maximum absolute atomic E-state index is 8.35. The Kier molecular flexibility index (Phi) is 2740. The van der Waals surface area contributed by atoms with E-state index < -0.39 is 0 Å². The quantitative estimate of drug-likeness (QED) is 0.423. The minimum Gasteiger partial charge on any atom is -0.222 e. The van der Waals surface area contributed by atoms with Crippen LogP contribution in [0, 0.1) is 10.8 Å². The lowest BCUT2D eigenvalue weighted by Gasteiger charge is -1.07. The lowest BCUT2D eigenvalue weighted by molar-refractivity contribution is 0.562. The molecule has 0 aromatic heterocycles. The highest BCUT2D eigenvalue weighted by molar-refractivity contribution is 5.26. The van der Waals surface area contributed by atoms with E-state index in [1.165, 1.54) is 0 Å². The maximum Gasteiger partial charge on any atom is 0.231 e. The molecule has 0 rings (SSSR count). The first kappa shape index (κ1) is 33.1. The maximum atomic E-state index is 8.35. The van der Waals surface area contributed by atoms with Gasteiger partial charge in [0.25, 0.3) is 0 Å². The van der Waals surface area contributed by atoms with Crippen molar-refractivity contribution in [3.8, 4) is 0 Å². The summed E-state index contributed by atoms with van der Waals surface area (Å²) in [4.78, 5) is 16.7. The van der Waals surface area contributed by atoms with Crippen LogP contribution in [0.3, 0.4) is 0 Å². The number of hydrogen-bond acceptors (Lipinski definition) is 4. The summed E-state index contributed by atoms with van der Waals surface area (Å²) < 4.78 is 0. The molecule has 2 N–H and O–H groups in total. The van der Waals surface area contributed by atoms with Crippen molar-refractivity contribution in [3.05, 3.63) is 0 Å². The molecule has 0 fully saturated rings. The van der Waals surface area contributed by atoms with Gasteiger partial charge in [0.1, 0.15) is 0 Å². The number of hydrogen-bond donors (Lipinski definition) is 2. The van der Waals surface area contributed by atoms with Gasteiger partial charge in [-0.05, 0) is 0 Å². The van der Waals surface area contributed by atoms with Gasteiger partial charge in [-0.3, -0.25) is 0 Å². The predicted octanol–water partition coefficient (Wildman–Crippen LogP) is 2.49. The van der Waals surface area contributed by atoms with Gasteiger partial charge in [-0.15, -0.1) is 0 Å². The Morgan fingerprint density at radius 1 is 0.818 bits per heavy atom. The minimum absolute atomic E-state index is 0. The van der Waals surface area contributed by atoms with Crippen molar-refractivity contribution in [3.63, 3.8) is 0 Å². The van der Waals surface area contributed by atoms with Gasteiger partial charge in [0.05, 0.1) is 0 Å². The molecule has 0 saturated heterocycles. The Morgan fingerprint density at radius 3 is 0.818 bits per heavy atom. The summed E-state index contributed by atoms with van der Waals surface area (Å²) in [5.74, 6) is 0. The van der Waals surface area contributed by atoms with E-state index in [0.717, 1.165) is 12.2 Å². The van der Waals surface area contributed by atoms with Crippen LogP contribution in [0.4, 0.5) is 0 Å². The van der Waals surface area contributed by atoms with Crippen LogP contribution in [-0.4, -0.2) is 12.2 Å². The normalized spacial score (nSPS) is 2.55. The lowest BCUT2D eigenvalue weighted by atomic mass is 11.0. The van der Waals surface area contributed by atoms with Gasteiger partial charge in [0.15, 0.2) is 0 Å². The largest absolute Gasteiger partial charge is 0.231 e.